The van der Waals surface area contributed by atoms with E-state index in [-0.39, 0.29) is 21.5 Å². The van der Waals surface area contributed by atoms with E-state index in [1.165, 1.54) is 12.1 Å². The van der Waals surface area contributed by atoms with E-state index in [9.17, 15) is 9.59 Å². The third-order valence-electron chi connectivity index (χ3n) is 4.87. The molecule has 2 aromatic heterocycles. The highest BCUT2D eigenvalue weighted by Crippen LogP contribution is 2.40. The zero-order valence-corrected chi connectivity index (χ0v) is 17.2. The lowest BCUT2D eigenvalue weighted by atomic mass is 10.2. The Morgan fingerprint density at radius 3 is 2.58 bits per heavy atom. The molecule has 0 amide bonds. The first kappa shape index (κ1) is 19.4. The zero-order chi connectivity index (χ0) is 21.7. The Morgan fingerprint density at radius 2 is 1.90 bits per heavy atom. The molecule has 1 aliphatic carbocycles. The number of aromatic amines is 1. The number of rotatable bonds is 4. The van der Waals surface area contributed by atoms with Crippen LogP contribution in [0.5, 0.6) is 11.5 Å². The molecule has 0 unspecified atom stereocenters. The van der Waals surface area contributed by atoms with Crippen molar-refractivity contribution in [3.8, 4) is 23.3 Å². The fourth-order valence-electron chi connectivity index (χ4n) is 3.25. The highest BCUT2D eigenvalue weighted by Gasteiger charge is 2.25. The number of H-pyrrole nitrogens is 1. The Balaban J connectivity index is 1.53. The van der Waals surface area contributed by atoms with E-state index in [0.29, 0.717) is 11.8 Å². The van der Waals surface area contributed by atoms with Crippen molar-refractivity contribution in [1.82, 2.24) is 24.3 Å². The third-order valence-corrected chi connectivity index (χ3v) is 5.43. The largest absolute Gasteiger partial charge is 0.454 e. The molecule has 5 rings (SSSR count). The van der Waals surface area contributed by atoms with Gasteiger partial charge in [-0.1, -0.05) is 23.2 Å². The van der Waals surface area contributed by atoms with Gasteiger partial charge in [-0.05, 0) is 37.1 Å². The Bertz CT molecular complexity index is 1490. The van der Waals surface area contributed by atoms with Gasteiger partial charge in [-0.15, -0.1) is 5.10 Å². The van der Waals surface area contributed by atoms with Crippen molar-refractivity contribution in [2.45, 2.75) is 18.9 Å². The average molecular weight is 455 g/mol. The zero-order valence-electron chi connectivity index (χ0n) is 15.7. The number of fused-ring (bicyclic) bond motifs is 1. The summed E-state index contributed by atoms with van der Waals surface area (Å²) in [7, 11) is 0. The first-order valence-corrected chi connectivity index (χ1v) is 9.98. The molecule has 0 saturated heterocycles. The van der Waals surface area contributed by atoms with Gasteiger partial charge >= 0.3 is 5.69 Å². The van der Waals surface area contributed by atoms with Gasteiger partial charge in [0.2, 0.25) is 5.69 Å². The maximum absolute atomic E-state index is 12.1. The van der Waals surface area contributed by atoms with Crippen molar-refractivity contribution in [2.75, 3.05) is 0 Å². The van der Waals surface area contributed by atoms with Gasteiger partial charge in [0, 0.05) is 12.1 Å². The fourth-order valence-corrected chi connectivity index (χ4v) is 3.80. The van der Waals surface area contributed by atoms with Gasteiger partial charge in [0.25, 0.3) is 5.56 Å². The van der Waals surface area contributed by atoms with Crippen LogP contribution in [0.1, 0.15) is 24.6 Å². The first-order valence-electron chi connectivity index (χ1n) is 9.22. The molecular weight excluding hydrogens is 443 g/mol. The molecule has 0 atom stereocenters. The summed E-state index contributed by atoms with van der Waals surface area (Å²) in [6.07, 6.45) is 4.08. The van der Waals surface area contributed by atoms with E-state index in [1.807, 2.05) is 23.4 Å². The Labute approximate surface area is 184 Å². The molecule has 4 aromatic rings. The van der Waals surface area contributed by atoms with Gasteiger partial charge in [-0.25, -0.2) is 9.78 Å². The smallest absolute Gasteiger partial charge is 0.349 e. The molecule has 2 heterocycles. The summed E-state index contributed by atoms with van der Waals surface area (Å²) in [6, 6.07) is 10.4. The molecule has 1 saturated carbocycles. The summed E-state index contributed by atoms with van der Waals surface area (Å²) in [5, 5.41) is 13.0. The van der Waals surface area contributed by atoms with E-state index in [0.717, 1.165) is 28.6 Å². The van der Waals surface area contributed by atoms with Crippen LogP contribution in [0.3, 0.4) is 0 Å². The third kappa shape index (κ3) is 3.46. The highest BCUT2D eigenvalue weighted by molar-refractivity contribution is 6.37. The van der Waals surface area contributed by atoms with Crippen molar-refractivity contribution in [3.63, 3.8) is 0 Å². The number of aromatic nitrogens is 5. The lowest BCUT2D eigenvalue weighted by Crippen LogP contribution is -2.33. The van der Waals surface area contributed by atoms with Crippen LogP contribution in [0, 0.1) is 11.3 Å². The fraction of sp³-hybridized carbons (Fsp3) is 0.150. The van der Waals surface area contributed by atoms with Crippen molar-refractivity contribution in [2.24, 2.45) is 0 Å². The lowest BCUT2D eigenvalue weighted by Gasteiger charge is -2.12. The summed E-state index contributed by atoms with van der Waals surface area (Å²) in [5.74, 6) is 0.722. The normalized spacial score (nSPS) is 13.3. The van der Waals surface area contributed by atoms with Gasteiger partial charge < -0.3 is 9.30 Å². The van der Waals surface area contributed by atoms with Gasteiger partial charge in [-0.3, -0.25) is 9.78 Å². The van der Waals surface area contributed by atoms with Crippen LogP contribution in [0.15, 0.2) is 46.2 Å². The van der Waals surface area contributed by atoms with Crippen molar-refractivity contribution in [3.05, 3.63) is 73.2 Å². The maximum atomic E-state index is 12.1. The number of hydrogen-bond acceptors (Lipinski definition) is 6. The predicted molar refractivity (Wildman–Crippen MR) is 113 cm³/mol. The van der Waals surface area contributed by atoms with E-state index >= 15 is 0 Å². The quantitative estimate of drug-likeness (QED) is 0.503. The van der Waals surface area contributed by atoms with E-state index in [4.69, 9.17) is 33.2 Å². The summed E-state index contributed by atoms with van der Waals surface area (Å²) < 4.78 is 8.89. The second-order valence-corrected chi connectivity index (χ2v) is 7.82. The number of imidazole rings is 1. The minimum absolute atomic E-state index is 0.122. The standard InChI is InChI=1S/C20H12Cl2N6O3/c21-13-5-11(28-20(30)25-19(29)16(8-23)26-28)6-14(22)18(13)31-12-3-4-15-17(7-12)27(9-24-15)10-1-2-10/h3-7,9-10H,1-2H2,(H,25,29,30). The topological polar surface area (TPSA) is 119 Å². The lowest BCUT2D eigenvalue weighted by molar-refractivity contribution is 0.483. The summed E-state index contributed by atoms with van der Waals surface area (Å²) in [5.41, 5.74) is -0.180. The molecule has 2 aromatic carbocycles. The van der Waals surface area contributed by atoms with Crippen LogP contribution in [0.25, 0.3) is 16.7 Å². The molecule has 0 radical (unpaired) electrons. The van der Waals surface area contributed by atoms with Crippen molar-refractivity contribution < 1.29 is 4.74 Å². The second kappa shape index (κ2) is 7.27. The Morgan fingerprint density at radius 1 is 1.16 bits per heavy atom. The molecule has 1 aliphatic rings. The summed E-state index contributed by atoms with van der Waals surface area (Å²) in [4.78, 5) is 30.1. The molecular formula is C20H12Cl2N6O3. The van der Waals surface area contributed by atoms with Crippen LogP contribution >= 0.6 is 23.2 Å². The second-order valence-electron chi connectivity index (χ2n) is 7.01. The number of nitriles is 1. The van der Waals surface area contributed by atoms with Crippen molar-refractivity contribution >= 4 is 34.2 Å². The minimum atomic E-state index is -0.873. The van der Waals surface area contributed by atoms with Crippen LogP contribution in [-0.4, -0.2) is 24.3 Å². The first-order chi connectivity index (χ1) is 14.9. The molecule has 0 aliphatic heterocycles. The van der Waals surface area contributed by atoms with Gasteiger partial charge in [0.1, 0.15) is 11.8 Å². The van der Waals surface area contributed by atoms with Crippen LogP contribution in [0.4, 0.5) is 0 Å². The monoisotopic (exact) mass is 454 g/mol. The van der Waals surface area contributed by atoms with Crippen molar-refractivity contribution in [1.29, 1.82) is 5.26 Å². The van der Waals surface area contributed by atoms with E-state index in [2.05, 4.69) is 14.6 Å². The highest BCUT2D eigenvalue weighted by atomic mass is 35.5. The average Bonchev–Trinajstić information content (AvgIpc) is 3.50. The number of nitrogens with zero attached hydrogens (tertiary/aromatic N) is 5. The van der Waals surface area contributed by atoms with Gasteiger partial charge in [-0.2, -0.15) is 9.94 Å². The number of nitrogens with one attached hydrogen (secondary N) is 1. The molecule has 9 nitrogen and oxygen atoms in total. The molecule has 31 heavy (non-hydrogen) atoms. The van der Waals surface area contributed by atoms with Crippen LogP contribution < -0.4 is 16.0 Å². The predicted octanol–water partition coefficient (Wildman–Crippen LogP) is 3.58. The molecule has 154 valence electrons. The van der Waals surface area contributed by atoms with Gasteiger partial charge in [0.15, 0.2) is 5.75 Å². The number of halogens is 2. The Kier molecular flexibility index (Phi) is 4.54. The van der Waals surface area contributed by atoms with Gasteiger partial charge in [0.05, 0.1) is 33.1 Å². The van der Waals surface area contributed by atoms with E-state index < -0.39 is 16.9 Å². The molecule has 0 bridgehead atoms. The molecule has 11 heteroatoms. The number of ether oxygens (including phenoxy) is 1. The van der Waals surface area contributed by atoms with Crippen LogP contribution in [-0.2, 0) is 0 Å². The molecule has 1 fully saturated rings. The van der Waals surface area contributed by atoms with E-state index in [1.54, 1.807) is 12.1 Å². The maximum Gasteiger partial charge on any atom is 0.349 e. The SMILES string of the molecule is N#Cc1nn(-c2cc(Cl)c(Oc3ccc4ncn(C5CC5)c4c3)c(Cl)c2)c(=O)[nH]c1=O. The summed E-state index contributed by atoms with van der Waals surface area (Å²) >= 11 is 12.7. The molecule has 1 N–H and O–H groups in total. The number of benzene rings is 2. The summed E-state index contributed by atoms with van der Waals surface area (Å²) in [6.45, 7) is 0. The van der Waals surface area contributed by atoms with Crippen LogP contribution in [0.2, 0.25) is 10.0 Å². The Hall–Kier alpha value is -3.61. The molecule has 0 spiro atoms. The minimum Gasteiger partial charge on any atom is -0.454 e. The number of hydrogen-bond donors (Lipinski definition) is 1.